The molecular formula is C13H13ClN4O. The molecule has 2 aromatic heterocycles. The Kier molecular flexibility index (Phi) is 4.41. The molecule has 2 aromatic rings. The van der Waals surface area contributed by atoms with Gasteiger partial charge in [0.1, 0.15) is 10.8 Å². The first-order chi connectivity index (χ1) is 9.16. The second kappa shape index (κ2) is 6.24. The van der Waals surface area contributed by atoms with Gasteiger partial charge in [-0.05, 0) is 24.1 Å². The van der Waals surface area contributed by atoms with Crippen molar-refractivity contribution in [2.75, 3.05) is 13.6 Å². The lowest BCUT2D eigenvalue weighted by molar-refractivity contribution is 0.0790. The number of likely N-dealkylation sites (N-methyl/N-ethyl adjacent to an activating group) is 1. The van der Waals surface area contributed by atoms with Gasteiger partial charge < -0.3 is 4.90 Å². The lowest BCUT2D eigenvalue weighted by Crippen LogP contribution is -2.29. The third kappa shape index (κ3) is 3.72. The van der Waals surface area contributed by atoms with Crippen molar-refractivity contribution in [3.05, 3.63) is 53.3 Å². The third-order valence-corrected chi connectivity index (χ3v) is 2.87. The summed E-state index contributed by atoms with van der Waals surface area (Å²) < 4.78 is 0. The molecule has 0 radical (unpaired) electrons. The zero-order chi connectivity index (χ0) is 13.7. The van der Waals surface area contributed by atoms with Crippen LogP contribution in [-0.4, -0.2) is 39.4 Å². The van der Waals surface area contributed by atoms with Crippen LogP contribution < -0.4 is 0 Å². The van der Waals surface area contributed by atoms with Crippen LogP contribution in [0.3, 0.4) is 0 Å². The molecule has 5 nitrogen and oxygen atoms in total. The number of amides is 1. The molecule has 2 heterocycles. The fourth-order valence-electron chi connectivity index (χ4n) is 1.57. The maximum Gasteiger partial charge on any atom is 0.273 e. The van der Waals surface area contributed by atoms with Crippen LogP contribution in [0.25, 0.3) is 0 Å². The van der Waals surface area contributed by atoms with E-state index in [9.17, 15) is 4.79 Å². The van der Waals surface area contributed by atoms with Crippen molar-refractivity contribution in [1.82, 2.24) is 19.9 Å². The number of hydrogen-bond acceptors (Lipinski definition) is 4. The summed E-state index contributed by atoms with van der Waals surface area (Å²) in [6, 6.07) is 3.86. The van der Waals surface area contributed by atoms with Crippen LogP contribution in [0.2, 0.25) is 5.15 Å². The normalized spacial score (nSPS) is 10.2. The molecule has 0 N–H and O–H groups in total. The molecule has 0 spiro atoms. The highest BCUT2D eigenvalue weighted by Crippen LogP contribution is 2.05. The van der Waals surface area contributed by atoms with Crippen LogP contribution in [0.1, 0.15) is 16.1 Å². The minimum atomic E-state index is -0.168. The second-order valence-corrected chi connectivity index (χ2v) is 4.44. The topological polar surface area (TPSA) is 59.0 Å². The van der Waals surface area contributed by atoms with E-state index in [4.69, 9.17) is 11.6 Å². The van der Waals surface area contributed by atoms with Gasteiger partial charge in [-0.25, -0.2) is 9.97 Å². The molecule has 1 amide bonds. The molecular weight excluding hydrogens is 264 g/mol. The van der Waals surface area contributed by atoms with E-state index in [0.717, 1.165) is 12.0 Å². The van der Waals surface area contributed by atoms with Gasteiger partial charge >= 0.3 is 0 Å². The predicted octanol–water partition coefficient (Wildman–Crippen LogP) is 1.84. The van der Waals surface area contributed by atoms with Gasteiger partial charge in [0, 0.05) is 26.0 Å². The molecule has 0 unspecified atom stereocenters. The zero-order valence-corrected chi connectivity index (χ0v) is 11.2. The molecule has 0 saturated heterocycles. The maximum absolute atomic E-state index is 12.0. The van der Waals surface area contributed by atoms with Gasteiger partial charge in [0.15, 0.2) is 0 Å². The Morgan fingerprint density at radius 3 is 2.63 bits per heavy atom. The number of hydrogen-bond donors (Lipinski definition) is 0. The Labute approximate surface area is 116 Å². The summed E-state index contributed by atoms with van der Waals surface area (Å²) in [4.78, 5) is 25.4. The predicted molar refractivity (Wildman–Crippen MR) is 71.9 cm³/mol. The van der Waals surface area contributed by atoms with E-state index in [-0.39, 0.29) is 11.1 Å². The summed E-state index contributed by atoms with van der Waals surface area (Å²) in [5.74, 6) is -0.168. The third-order valence-electron chi connectivity index (χ3n) is 2.67. The van der Waals surface area contributed by atoms with E-state index < -0.39 is 0 Å². The summed E-state index contributed by atoms with van der Waals surface area (Å²) in [5, 5.41) is 0.274. The number of rotatable bonds is 4. The Morgan fingerprint density at radius 2 is 2.00 bits per heavy atom. The number of carbonyl (C=O) groups excluding carboxylic acids is 1. The Morgan fingerprint density at radius 1 is 1.26 bits per heavy atom. The molecule has 0 aliphatic rings. The maximum atomic E-state index is 12.0. The molecule has 98 valence electrons. The summed E-state index contributed by atoms with van der Waals surface area (Å²) in [6.45, 7) is 0.604. The standard InChI is InChI=1S/C13H13ClN4O/c1-18(7-4-10-2-5-15-6-3-10)13(19)11-8-17-12(14)9-16-11/h2-3,5-6,8-9H,4,7H2,1H3. The Hall–Kier alpha value is -2.01. The highest BCUT2D eigenvalue weighted by molar-refractivity contribution is 6.29. The van der Waals surface area contributed by atoms with Crippen molar-refractivity contribution in [3.63, 3.8) is 0 Å². The Bertz CT molecular complexity index is 544. The minimum Gasteiger partial charge on any atom is -0.340 e. The monoisotopic (exact) mass is 276 g/mol. The Balaban J connectivity index is 1.94. The minimum absolute atomic E-state index is 0.168. The summed E-state index contributed by atoms with van der Waals surface area (Å²) in [6.07, 6.45) is 6.99. The van der Waals surface area contributed by atoms with Gasteiger partial charge in [-0.15, -0.1) is 0 Å². The molecule has 0 atom stereocenters. The summed E-state index contributed by atoms with van der Waals surface area (Å²) in [7, 11) is 1.74. The molecule has 0 aliphatic heterocycles. The van der Waals surface area contributed by atoms with Crippen molar-refractivity contribution in [1.29, 1.82) is 0 Å². The smallest absolute Gasteiger partial charge is 0.273 e. The molecule has 2 rings (SSSR count). The molecule has 0 bridgehead atoms. The molecule has 0 aliphatic carbocycles. The number of pyridine rings is 1. The van der Waals surface area contributed by atoms with Crippen LogP contribution in [0.5, 0.6) is 0 Å². The van der Waals surface area contributed by atoms with Crippen LogP contribution in [0.15, 0.2) is 36.9 Å². The highest BCUT2D eigenvalue weighted by Gasteiger charge is 2.13. The number of nitrogens with zero attached hydrogens (tertiary/aromatic N) is 4. The zero-order valence-electron chi connectivity index (χ0n) is 10.5. The summed E-state index contributed by atoms with van der Waals surface area (Å²) in [5.41, 5.74) is 1.43. The first kappa shape index (κ1) is 13.4. The van der Waals surface area contributed by atoms with Crippen molar-refractivity contribution < 1.29 is 4.79 Å². The van der Waals surface area contributed by atoms with Gasteiger partial charge in [-0.2, -0.15) is 0 Å². The molecule has 0 saturated carbocycles. The second-order valence-electron chi connectivity index (χ2n) is 4.06. The molecule has 6 heteroatoms. The SMILES string of the molecule is CN(CCc1ccncc1)C(=O)c1cnc(Cl)cn1. The van der Waals surface area contributed by atoms with Crippen LogP contribution in [0, 0.1) is 0 Å². The van der Waals surface area contributed by atoms with E-state index in [1.807, 2.05) is 12.1 Å². The fourth-order valence-corrected chi connectivity index (χ4v) is 1.66. The molecule has 0 aromatic carbocycles. The van der Waals surface area contributed by atoms with Crippen LogP contribution in [-0.2, 0) is 6.42 Å². The average molecular weight is 277 g/mol. The van der Waals surface area contributed by atoms with E-state index in [2.05, 4.69) is 15.0 Å². The first-order valence-electron chi connectivity index (χ1n) is 5.79. The van der Waals surface area contributed by atoms with Gasteiger partial charge in [0.05, 0.1) is 12.4 Å². The van der Waals surface area contributed by atoms with Crippen molar-refractivity contribution in [2.45, 2.75) is 6.42 Å². The van der Waals surface area contributed by atoms with Crippen LogP contribution >= 0.6 is 11.6 Å². The van der Waals surface area contributed by atoms with Crippen molar-refractivity contribution >= 4 is 17.5 Å². The lowest BCUT2D eigenvalue weighted by Gasteiger charge is -2.16. The summed E-state index contributed by atoms with van der Waals surface area (Å²) >= 11 is 5.63. The number of carbonyl (C=O) groups is 1. The molecule has 0 fully saturated rings. The van der Waals surface area contributed by atoms with Crippen LogP contribution in [0.4, 0.5) is 0 Å². The van der Waals surface area contributed by atoms with E-state index in [1.165, 1.54) is 12.4 Å². The lowest BCUT2D eigenvalue weighted by atomic mass is 10.2. The van der Waals surface area contributed by atoms with Gasteiger partial charge in [0.2, 0.25) is 0 Å². The van der Waals surface area contributed by atoms with E-state index >= 15 is 0 Å². The largest absolute Gasteiger partial charge is 0.340 e. The fraction of sp³-hybridized carbons (Fsp3) is 0.231. The van der Waals surface area contributed by atoms with Gasteiger partial charge in [-0.3, -0.25) is 9.78 Å². The van der Waals surface area contributed by atoms with Crippen molar-refractivity contribution in [3.8, 4) is 0 Å². The average Bonchev–Trinajstić information content (AvgIpc) is 2.46. The molecule has 19 heavy (non-hydrogen) atoms. The van der Waals surface area contributed by atoms with Crippen molar-refractivity contribution in [2.24, 2.45) is 0 Å². The number of halogens is 1. The quantitative estimate of drug-likeness (QED) is 0.855. The van der Waals surface area contributed by atoms with E-state index in [1.54, 1.807) is 24.3 Å². The highest BCUT2D eigenvalue weighted by atomic mass is 35.5. The van der Waals surface area contributed by atoms with E-state index in [0.29, 0.717) is 12.2 Å². The van der Waals surface area contributed by atoms with Gasteiger partial charge in [-0.1, -0.05) is 11.6 Å². The number of aromatic nitrogens is 3. The first-order valence-corrected chi connectivity index (χ1v) is 6.16. The van der Waals surface area contributed by atoms with Gasteiger partial charge in [0.25, 0.3) is 5.91 Å².